The van der Waals surface area contributed by atoms with Crippen molar-refractivity contribution in [3.63, 3.8) is 0 Å². The third kappa shape index (κ3) is 2.80. The maximum Gasteiger partial charge on any atom is 0.251 e. The predicted octanol–water partition coefficient (Wildman–Crippen LogP) is 3.14. The summed E-state index contributed by atoms with van der Waals surface area (Å²) in [6, 6.07) is 5.46. The second kappa shape index (κ2) is 5.29. The zero-order chi connectivity index (χ0) is 15.0. The third-order valence-electron chi connectivity index (χ3n) is 3.02. The van der Waals surface area contributed by atoms with Crippen LogP contribution in [-0.4, -0.2) is 26.1 Å². The first-order chi connectivity index (χ1) is 10.0. The Labute approximate surface area is 125 Å². The fraction of sp³-hybridized carbons (Fsp3) is 0.286. The molecule has 0 saturated heterocycles. The Morgan fingerprint density at radius 2 is 2.19 bits per heavy atom. The van der Waals surface area contributed by atoms with Gasteiger partial charge in [-0.15, -0.1) is 10.2 Å². The molecule has 3 aromatic rings. The van der Waals surface area contributed by atoms with Gasteiger partial charge >= 0.3 is 0 Å². The molecule has 6 nitrogen and oxygen atoms in total. The van der Waals surface area contributed by atoms with E-state index in [1.165, 1.54) is 0 Å². The summed E-state index contributed by atoms with van der Waals surface area (Å²) in [5.41, 5.74) is 2.08. The van der Waals surface area contributed by atoms with Crippen molar-refractivity contribution in [2.45, 2.75) is 20.3 Å². The number of anilines is 1. The van der Waals surface area contributed by atoms with Gasteiger partial charge in [-0.25, -0.2) is 0 Å². The molecule has 0 aliphatic rings. The van der Waals surface area contributed by atoms with E-state index in [0.717, 1.165) is 10.9 Å². The number of amides is 1. The van der Waals surface area contributed by atoms with E-state index in [4.69, 9.17) is 11.6 Å². The van der Waals surface area contributed by atoms with Crippen LogP contribution in [0.3, 0.4) is 0 Å². The van der Waals surface area contributed by atoms with Gasteiger partial charge in [-0.2, -0.15) is 4.98 Å². The molecule has 0 radical (unpaired) electrons. The molecule has 21 heavy (non-hydrogen) atoms. The highest BCUT2D eigenvalue weighted by Gasteiger charge is 2.12. The Bertz CT molecular complexity index is 827. The molecule has 0 aliphatic carbocycles. The molecule has 2 heterocycles. The van der Waals surface area contributed by atoms with Gasteiger partial charge in [0.25, 0.3) is 5.95 Å². The van der Waals surface area contributed by atoms with Crippen LogP contribution in [0.1, 0.15) is 20.3 Å². The largest absolute Gasteiger partial charge is 0.338 e. The highest BCUT2D eigenvalue weighted by atomic mass is 35.5. The normalized spacial score (nSPS) is 11.4. The minimum absolute atomic E-state index is 0.120. The van der Waals surface area contributed by atoms with Crippen molar-refractivity contribution >= 4 is 45.5 Å². The molecule has 2 aromatic heterocycles. The van der Waals surface area contributed by atoms with E-state index in [1.807, 2.05) is 26.0 Å². The number of nitrogens with zero attached hydrogens (tertiary/aromatic N) is 3. The van der Waals surface area contributed by atoms with Crippen LogP contribution in [0.5, 0.6) is 0 Å². The number of benzene rings is 1. The van der Waals surface area contributed by atoms with E-state index < -0.39 is 0 Å². The molecule has 0 aliphatic heterocycles. The summed E-state index contributed by atoms with van der Waals surface area (Å²) in [7, 11) is 0. The molecule has 2 N–H and O–H groups in total. The summed E-state index contributed by atoms with van der Waals surface area (Å²) in [5.74, 6) is 0.355. The lowest BCUT2D eigenvalue weighted by molar-refractivity contribution is -0.116. The first-order valence-corrected chi connectivity index (χ1v) is 7.02. The van der Waals surface area contributed by atoms with Crippen LogP contribution in [-0.2, 0) is 4.79 Å². The fourth-order valence-corrected chi connectivity index (χ4v) is 2.32. The van der Waals surface area contributed by atoms with Crippen molar-refractivity contribution in [2.24, 2.45) is 5.92 Å². The summed E-state index contributed by atoms with van der Waals surface area (Å²) in [4.78, 5) is 19.2. The molecule has 7 heteroatoms. The van der Waals surface area contributed by atoms with E-state index >= 15 is 0 Å². The zero-order valence-electron chi connectivity index (χ0n) is 11.6. The highest BCUT2D eigenvalue weighted by Crippen LogP contribution is 2.25. The number of hydrogen-bond acceptors (Lipinski definition) is 4. The molecule has 1 amide bonds. The van der Waals surface area contributed by atoms with Gasteiger partial charge in [-0.3, -0.25) is 10.1 Å². The van der Waals surface area contributed by atoms with Crippen LogP contribution in [0.15, 0.2) is 18.2 Å². The van der Waals surface area contributed by atoms with Gasteiger partial charge in [0, 0.05) is 22.3 Å². The number of hydrogen-bond donors (Lipinski definition) is 2. The van der Waals surface area contributed by atoms with Crippen LogP contribution in [0.4, 0.5) is 5.95 Å². The zero-order valence-corrected chi connectivity index (χ0v) is 12.4. The van der Waals surface area contributed by atoms with Gasteiger partial charge in [0.2, 0.25) is 5.91 Å². The number of halogens is 1. The van der Waals surface area contributed by atoms with E-state index in [0.29, 0.717) is 22.6 Å². The minimum Gasteiger partial charge on any atom is -0.338 e. The molecule has 0 saturated carbocycles. The molecule has 0 bridgehead atoms. The van der Waals surface area contributed by atoms with Crippen molar-refractivity contribution < 1.29 is 4.79 Å². The molecule has 0 unspecified atom stereocenters. The Morgan fingerprint density at radius 3 is 2.95 bits per heavy atom. The van der Waals surface area contributed by atoms with Gasteiger partial charge in [-0.05, 0) is 24.1 Å². The first kappa shape index (κ1) is 13.8. The lowest BCUT2D eigenvalue weighted by atomic mass is 10.1. The maximum atomic E-state index is 11.7. The highest BCUT2D eigenvalue weighted by molar-refractivity contribution is 6.31. The second-order valence-corrected chi connectivity index (χ2v) is 5.73. The first-order valence-electron chi connectivity index (χ1n) is 6.64. The monoisotopic (exact) mass is 303 g/mol. The predicted molar refractivity (Wildman–Crippen MR) is 82.3 cm³/mol. The number of carbonyl (C=O) groups excluding carboxylic acids is 1. The summed E-state index contributed by atoms with van der Waals surface area (Å²) in [6.45, 7) is 3.95. The third-order valence-corrected chi connectivity index (χ3v) is 3.26. The van der Waals surface area contributed by atoms with Crippen LogP contribution in [0.25, 0.3) is 22.1 Å². The molecule has 108 valence electrons. The van der Waals surface area contributed by atoms with Crippen LogP contribution < -0.4 is 5.32 Å². The standard InChI is InChI=1S/C14H14ClN5O/c1-7(2)5-11(21)17-14-18-13-12(19-20-14)9-6-8(15)3-4-10(9)16-13/h3-4,6-7H,5H2,1-2H3,(H2,16,17,18,20,21). The van der Waals surface area contributed by atoms with Crippen LogP contribution in [0, 0.1) is 5.92 Å². The van der Waals surface area contributed by atoms with Crippen LogP contribution in [0.2, 0.25) is 5.02 Å². The number of nitrogens with one attached hydrogen (secondary N) is 2. The molecule has 3 rings (SSSR count). The number of carbonyl (C=O) groups is 1. The Balaban J connectivity index is 1.97. The number of fused-ring (bicyclic) bond motifs is 3. The topological polar surface area (TPSA) is 83.6 Å². The number of aromatic nitrogens is 4. The van der Waals surface area contributed by atoms with Gasteiger partial charge in [0.05, 0.1) is 0 Å². The smallest absolute Gasteiger partial charge is 0.251 e. The Kier molecular flexibility index (Phi) is 3.47. The summed E-state index contributed by atoms with van der Waals surface area (Å²) in [5, 5.41) is 12.2. The van der Waals surface area contributed by atoms with E-state index in [2.05, 4.69) is 25.5 Å². The van der Waals surface area contributed by atoms with Gasteiger partial charge in [0.1, 0.15) is 5.52 Å². The van der Waals surface area contributed by atoms with Crippen molar-refractivity contribution in [1.82, 2.24) is 20.2 Å². The quantitative estimate of drug-likeness (QED) is 0.778. The Hall–Kier alpha value is -2.21. The molecule has 0 spiro atoms. The SMILES string of the molecule is CC(C)CC(=O)Nc1nnc2c(n1)[nH]c1ccc(Cl)cc12. The molecule has 1 aromatic carbocycles. The molecular weight excluding hydrogens is 290 g/mol. The van der Waals surface area contributed by atoms with Crippen molar-refractivity contribution in [2.75, 3.05) is 5.32 Å². The summed E-state index contributed by atoms with van der Waals surface area (Å²) >= 11 is 5.99. The van der Waals surface area contributed by atoms with E-state index in [1.54, 1.807) is 6.07 Å². The fourth-order valence-electron chi connectivity index (χ4n) is 2.14. The lowest BCUT2D eigenvalue weighted by Crippen LogP contribution is -2.16. The summed E-state index contributed by atoms with van der Waals surface area (Å²) < 4.78 is 0. The van der Waals surface area contributed by atoms with Gasteiger partial charge in [0.15, 0.2) is 5.65 Å². The second-order valence-electron chi connectivity index (χ2n) is 5.29. The number of aromatic amines is 1. The molecule has 0 fully saturated rings. The summed E-state index contributed by atoms with van der Waals surface area (Å²) in [6.07, 6.45) is 0.420. The minimum atomic E-state index is -0.120. The van der Waals surface area contributed by atoms with Gasteiger partial charge < -0.3 is 4.98 Å². The molecule has 0 atom stereocenters. The maximum absolute atomic E-state index is 11.7. The van der Waals surface area contributed by atoms with Crippen molar-refractivity contribution in [3.8, 4) is 0 Å². The van der Waals surface area contributed by atoms with Crippen molar-refractivity contribution in [1.29, 1.82) is 0 Å². The molecular formula is C14H14ClN5O. The van der Waals surface area contributed by atoms with Crippen molar-refractivity contribution in [3.05, 3.63) is 23.2 Å². The van der Waals surface area contributed by atoms with E-state index in [-0.39, 0.29) is 17.8 Å². The lowest BCUT2D eigenvalue weighted by Gasteiger charge is -2.04. The Morgan fingerprint density at radius 1 is 1.38 bits per heavy atom. The van der Waals surface area contributed by atoms with Crippen LogP contribution >= 0.6 is 11.6 Å². The average molecular weight is 304 g/mol. The average Bonchev–Trinajstić information content (AvgIpc) is 2.74. The van der Waals surface area contributed by atoms with E-state index in [9.17, 15) is 4.79 Å². The van der Waals surface area contributed by atoms with Gasteiger partial charge in [-0.1, -0.05) is 25.4 Å². The number of rotatable bonds is 3. The number of H-pyrrole nitrogens is 1.